The molecular formula is C20H29N3O2S. The Kier molecular flexibility index (Phi) is 6.24. The van der Waals surface area contributed by atoms with Crippen LogP contribution in [0.15, 0.2) is 29.2 Å². The average molecular weight is 376 g/mol. The maximum atomic E-state index is 12.7. The molecule has 2 aliphatic rings. The Morgan fingerprint density at radius 3 is 2.19 bits per heavy atom. The predicted molar refractivity (Wildman–Crippen MR) is 106 cm³/mol. The third kappa shape index (κ3) is 5.01. The Bertz CT molecular complexity index is 635. The summed E-state index contributed by atoms with van der Waals surface area (Å²) in [4.78, 5) is 30.2. The van der Waals surface area contributed by atoms with Crippen molar-refractivity contribution in [2.75, 3.05) is 26.2 Å². The normalized spacial score (nSPS) is 19.5. The molecule has 1 atom stereocenters. The molecule has 1 heterocycles. The van der Waals surface area contributed by atoms with Crippen molar-refractivity contribution in [2.45, 2.75) is 55.8 Å². The van der Waals surface area contributed by atoms with Crippen LogP contribution in [0.25, 0.3) is 0 Å². The minimum Gasteiger partial charge on any atom is -0.352 e. The van der Waals surface area contributed by atoms with Gasteiger partial charge >= 0.3 is 0 Å². The summed E-state index contributed by atoms with van der Waals surface area (Å²) >= 11 is 1.80. The average Bonchev–Trinajstić information content (AvgIpc) is 3.45. The maximum Gasteiger partial charge on any atom is 0.253 e. The third-order valence-corrected chi connectivity index (χ3v) is 5.94. The molecule has 0 radical (unpaired) electrons. The van der Waals surface area contributed by atoms with Crippen LogP contribution >= 0.6 is 11.8 Å². The van der Waals surface area contributed by atoms with Crippen molar-refractivity contribution in [2.24, 2.45) is 0 Å². The molecule has 1 saturated carbocycles. The number of thioether (sulfide) groups is 1. The second kappa shape index (κ2) is 8.44. The van der Waals surface area contributed by atoms with Crippen LogP contribution in [0.5, 0.6) is 0 Å². The van der Waals surface area contributed by atoms with Crippen LogP contribution in [0.3, 0.4) is 0 Å². The van der Waals surface area contributed by atoms with Gasteiger partial charge in [0.05, 0.1) is 6.04 Å². The summed E-state index contributed by atoms with van der Waals surface area (Å²) in [6, 6.07) is 8.16. The number of nitrogens with zero attached hydrogens (tertiary/aromatic N) is 2. The maximum absolute atomic E-state index is 12.7. The first-order valence-electron chi connectivity index (χ1n) is 9.54. The molecule has 5 nitrogen and oxygen atoms in total. The standard InChI is InChI=1S/C20H29N3O2S/c1-14(2)26-18-8-4-16(5-9-18)20(25)23-12-10-22(11-13-23)15(3)19(24)21-17-6-7-17/h4-5,8-9,14-15,17H,6-7,10-13H2,1-3H3,(H,21,24)/t15-/m0/s1. The van der Waals surface area contributed by atoms with E-state index < -0.39 is 0 Å². The highest BCUT2D eigenvalue weighted by Crippen LogP contribution is 2.23. The summed E-state index contributed by atoms with van der Waals surface area (Å²) in [5.41, 5.74) is 0.742. The van der Waals surface area contributed by atoms with E-state index in [1.807, 2.05) is 36.1 Å². The van der Waals surface area contributed by atoms with E-state index in [0.29, 0.717) is 24.4 Å². The van der Waals surface area contributed by atoms with E-state index in [1.54, 1.807) is 11.8 Å². The van der Waals surface area contributed by atoms with E-state index in [0.717, 1.165) is 31.5 Å². The zero-order chi connectivity index (χ0) is 18.7. The van der Waals surface area contributed by atoms with Crippen molar-refractivity contribution >= 4 is 23.6 Å². The minimum atomic E-state index is -0.125. The first-order chi connectivity index (χ1) is 12.4. The largest absolute Gasteiger partial charge is 0.352 e. The van der Waals surface area contributed by atoms with Gasteiger partial charge in [-0.1, -0.05) is 13.8 Å². The summed E-state index contributed by atoms with van der Waals surface area (Å²) < 4.78 is 0. The molecule has 1 aliphatic heterocycles. The van der Waals surface area contributed by atoms with Crippen molar-refractivity contribution in [1.29, 1.82) is 0 Å². The van der Waals surface area contributed by atoms with Gasteiger partial charge in [0.25, 0.3) is 5.91 Å². The Balaban J connectivity index is 1.50. The number of hydrogen-bond acceptors (Lipinski definition) is 4. The summed E-state index contributed by atoms with van der Waals surface area (Å²) in [5, 5.41) is 3.60. The fraction of sp³-hybridized carbons (Fsp3) is 0.600. The van der Waals surface area contributed by atoms with Crippen molar-refractivity contribution in [3.05, 3.63) is 29.8 Å². The van der Waals surface area contributed by atoms with Crippen molar-refractivity contribution in [3.63, 3.8) is 0 Å². The molecular weight excluding hydrogens is 346 g/mol. The van der Waals surface area contributed by atoms with Gasteiger partial charge in [0, 0.05) is 47.9 Å². The first-order valence-corrected chi connectivity index (χ1v) is 10.4. The number of carbonyl (C=O) groups is 2. The smallest absolute Gasteiger partial charge is 0.253 e. The Morgan fingerprint density at radius 2 is 1.65 bits per heavy atom. The second-order valence-electron chi connectivity index (χ2n) is 7.48. The van der Waals surface area contributed by atoms with Crippen LogP contribution in [-0.4, -0.2) is 65.1 Å². The van der Waals surface area contributed by atoms with Crippen molar-refractivity contribution < 1.29 is 9.59 Å². The van der Waals surface area contributed by atoms with E-state index in [-0.39, 0.29) is 17.9 Å². The SMILES string of the molecule is CC(C)Sc1ccc(C(=O)N2CCN([C@@H](C)C(=O)NC3CC3)CC2)cc1. The summed E-state index contributed by atoms with van der Waals surface area (Å²) in [5.74, 6) is 0.200. The van der Waals surface area contributed by atoms with Gasteiger partial charge in [0.15, 0.2) is 0 Å². The summed E-state index contributed by atoms with van der Waals surface area (Å²) in [6.07, 6.45) is 2.21. The van der Waals surface area contributed by atoms with Gasteiger partial charge < -0.3 is 10.2 Å². The number of nitrogens with one attached hydrogen (secondary N) is 1. The van der Waals surface area contributed by atoms with Crippen LogP contribution in [-0.2, 0) is 4.79 Å². The number of benzene rings is 1. The number of amides is 2. The molecule has 0 unspecified atom stereocenters. The van der Waals surface area contributed by atoms with E-state index in [9.17, 15) is 9.59 Å². The van der Waals surface area contributed by atoms with Crippen molar-refractivity contribution in [1.82, 2.24) is 15.1 Å². The minimum absolute atomic E-state index is 0.0841. The van der Waals surface area contributed by atoms with E-state index in [2.05, 4.69) is 24.1 Å². The molecule has 2 fully saturated rings. The molecule has 0 spiro atoms. The zero-order valence-corrected chi connectivity index (χ0v) is 16.7. The lowest BCUT2D eigenvalue weighted by Gasteiger charge is -2.37. The van der Waals surface area contributed by atoms with Crippen molar-refractivity contribution in [3.8, 4) is 0 Å². The van der Waals surface area contributed by atoms with Crippen LogP contribution in [0.2, 0.25) is 0 Å². The highest BCUT2D eigenvalue weighted by atomic mass is 32.2. The molecule has 0 bridgehead atoms. The summed E-state index contributed by atoms with van der Waals surface area (Å²) in [6.45, 7) is 9.11. The lowest BCUT2D eigenvalue weighted by Crippen LogP contribution is -2.55. The van der Waals surface area contributed by atoms with Crippen LogP contribution in [0.1, 0.15) is 44.0 Å². The zero-order valence-electron chi connectivity index (χ0n) is 15.9. The molecule has 0 aromatic heterocycles. The number of hydrogen-bond donors (Lipinski definition) is 1. The fourth-order valence-electron chi connectivity index (χ4n) is 3.16. The van der Waals surface area contributed by atoms with E-state index in [1.165, 1.54) is 4.90 Å². The highest BCUT2D eigenvalue weighted by Gasteiger charge is 2.31. The molecule has 1 aromatic carbocycles. The quantitative estimate of drug-likeness (QED) is 0.777. The second-order valence-corrected chi connectivity index (χ2v) is 9.13. The number of rotatable bonds is 6. The van der Waals surface area contributed by atoms with E-state index in [4.69, 9.17) is 0 Å². The highest BCUT2D eigenvalue weighted by molar-refractivity contribution is 7.99. The predicted octanol–water partition coefficient (Wildman–Crippen LogP) is 2.61. The Labute approximate surface area is 160 Å². The van der Waals surface area contributed by atoms with Gasteiger partial charge in [-0.25, -0.2) is 0 Å². The molecule has 6 heteroatoms. The molecule has 1 aliphatic carbocycles. The molecule has 2 amide bonds. The van der Waals surface area contributed by atoms with Crippen LogP contribution in [0.4, 0.5) is 0 Å². The number of piperazine rings is 1. The third-order valence-electron chi connectivity index (χ3n) is 4.93. The van der Waals surface area contributed by atoms with Gasteiger partial charge in [-0.05, 0) is 44.0 Å². The molecule has 1 N–H and O–H groups in total. The van der Waals surface area contributed by atoms with Crippen LogP contribution < -0.4 is 5.32 Å². The molecule has 1 aromatic rings. The number of carbonyl (C=O) groups excluding carboxylic acids is 2. The van der Waals surface area contributed by atoms with Gasteiger partial charge in [-0.15, -0.1) is 11.8 Å². The van der Waals surface area contributed by atoms with Gasteiger partial charge in [-0.2, -0.15) is 0 Å². The van der Waals surface area contributed by atoms with Crippen LogP contribution in [0, 0.1) is 0 Å². The lowest BCUT2D eigenvalue weighted by atomic mass is 10.1. The first kappa shape index (κ1) is 19.2. The molecule has 3 rings (SSSR count). The summed E-state index contributed by atoms with van der Waals surface area (Å²) in [7, 11) is 0. The monoisotopic (exact) mass is 375 g/mol. The Morgan fingerprint density at radius 1 is 1.04 bits per heavy atom. The van der Waals surface area contributed by atoms with Gasteiger partial charge in [-0.3, -0.25) is 14.5 Å². The lowest BCUT2D eigenvalue weighted by molar-refractivity contribution is -0.126. The Hall–Kier alpha value is -1.53. The topological polar surface area (TPSA) is 52.7 Å². The van der Waals surface area contributed by atoms with Gasteiger partial charge in [0.2, 0.25) is 5.91 Å². The van der Waals surface area contributed by atoms with Gasteiger partial charge in [0.1, 0.15) is 0 Å². The fourth-order valence-corrected chi connectivity index (χ4v) is 4.00. The molecule has 26 heavy (non-hydrogen) atoms. The van der Waals surface area contributed by atoms with E-state index >= 15 is 0 Å². The molecule has 142 valence electrons. The molecule has 1 saturated heterocycles.